The number of aromatic nitrogens is 4. The van der Waals surface area contributed by atoms with Gasteiger partial charge in [0.1, 0.15) is 5.52 Å². The zero-order chi connectivity index (χ0) is 13.4. The van der Waals surface area contributed by atoms with Gasteiger partial charge >= 0.3 is 0 Å². The van der Waals surface area contributed by atoms with Crippen LogP contribution in [0.25, 0.3) is 11.2 Å². The van der Waals surface area contributed by atoms with E-state index in [1.165, 1.54) is 11.1 Å². The van der Waals surface area contributed by atoms with Gasteiger partial charge in [-0.25, -0.2) is 4.98 Å². The molecule has 3 rings (SSSR count). The molecule has 2 heterocycles. The second-order valence-electron chi connectivity index (χ2n) is 4.44. The van der Waals surface area contributed by atoms with E-state index < -0.39 is 0 Å². The molecular formula is C13H12ClN5. The van der Waals surface area contributed by atoms with Gasteiger partial charge in [0.25, 0.3) is 0 Å². The number of aromatic amines is 1. The number of benzene rings is 1. The summed E-state index contributed by atoms with van der Waals surface area (Å²) in [5.74, 6) is 0.623. The molecule has 96 valence electrons. The Labute approximate surface area is 115 Å². The van der Waals surface area contributed by atoms with Crippen molar-refractivity contribution >= 4 is 34.3 Å². The van der Waals surface area contributed by atoms with Crippen LogP contribution in [0.1, 0.15) is 11.1 Å². The van der Waals surface area contributed by atoms with Crippen LogP contribution >= 0.6 is 11.6 Å². The van der Waals surface area contributed by atoms with E-state index in [-0.39, 0.29) is 5.28 Å². The molecule has 1 aromatic carbocycles. The van der Waals surface area contributed by atoms with E-state index >= 15 is 0 Å². The van der Waals surface area contributed by atoms with Crippen LogP contribution in [-0.4, -0.2) is 19.9 Å². The molecule has 6 heteroatoms. The summed E-state index contributed by atoms with van der Waals surface area (Å²) in [6.45, 7) is 4.11. The molecule has 5 nitrogen and oxygen atoms in total. The van der Waals surface area contributed by atoms with Gasteiger partial charge in [0.05, 0.1) is 6.33 Å². The molecule has 0 amide bonds. The topological polar surface area (TPSA) is 66.5 Å². The highest BCUT2D eigenvalue weighted by atomic mass is 35.5. The van der Waals surface area contributed by atoms with E-state index in [9.17, 15) is 0 Å². The molecule has 0 unspecified atom stereocenters. The summed E-state index contributed by atoms with van der Waals surface area (Å²) in [7, 11) is 0. The van der Waals surface area contributed by atoms with E-state index in [1.807, 2.05) is 12.1 Å². The lowest BCUT2D eigenvalue weighted by molar-refractivity contribution is 1.20. The van der Waals surface area contributed by atoms with Crippen molar-refractivity contribution in [2.24, 2.45) is 0 Å². The van der Waals surface area contributed by atoms with Crippen LogP contribution < -0.4 is 5.32 Å². The highest BCUT2D eigenvalue weighted by Gasteiger charge is 2.09. The highest BCUT2D eigenvalue weighted by molar-refractivity contribution is 6.28. The third-order valence-corrected chi connectivity index (χ3v) is 2.91. The van der Waals surface area contributed by atoms with Gasteiger partial charge < -0.3 is 10.3 Å². The molecule has 0 aliphatic heterocycles. The van der Waals surface area contributed by atoms with E-state index in [0.29, 0.717) is 11.5 Å². The molecule has 2 N–H and O–H groups in total. The Bertz CT molecular complexity index is 730. The third-order valence-electron chi connectivity index (χ3n) is 2.74. The summed E-state index contributed by atoms with van der Waals surface area (Å²) >= 11 is 5.89. The van der Waals surface area contributed by atoms with Crippen molar-refractivity contribution in [3.63, 3.8) is 0 Å². The van der Waals surface area contributed by atoms with Gasteiger partial charge in [-0.05, 0) is 48.7 Å². The van der Waals surface area contributed by atoms with Gasteiger partial charge in [-0.3, -0.25) is 0 Å². The molecule has 0 saturated heterocycles. The lowest BCUT2D eigenvalue weighted by Gasteiger charge is -2.08. The predicted octanol–water partition coefficient (Wildman–Crippen LogP) is 3.37. The third kappa shape index (κ3) is 2.37. The highest BCUT2D eigenvalue weighted by Crippen LogP contribution is 2.24. The van der Waals surface area contributed by atoms with Crippen molar-refractivity contribution in [3.05, 3.63) is 40.9 Å². The Hall–Kier alpha value is -2.14. The molecule has 0 bridgehead atoms. The summed E-state index contributed by atoms with van der Waals surface area (Å²) in [6, 6.07) is 6.21. The Morgan fingerprint density at radius 2 is 1.84 bits per heavy atom. The number of rotatable bonds is 2. The maximum absolute atomic E-state index is 5.89. The molecular weight excluding hydrogens is 262 g/mol. The van der Waals surface area contributed by atoms with Crippen molar-refractivity contribution in [1.82, 2.24) is 19.9 Å². The molecule has 3 aromatic rings. The number of anilines is 2. The number of fused-ring (bicyclic) bond motifs is 1. The zero-order valence-electron chi connectivity index (χ0n) is 10.5. The zero-order valence-corrected chi connectivity index (χ0v) is 11.3. The molecule has 19 heavy (non-hydrogen) atoms. The van der Waals surface area contributed by atoms with Gasteiger partial charge in [-0.2, -0.15) is 9.97 Å². The fourth-order valence-electron chi connectivity index (χ4n) is 2.08. The normalized spacial score (nSPS) is 10.9. The van der Waals surface area contributed by atoms with Gasteiger partial charge in [-0.1, -0.05) is 6.07 Å². The lowest BCUT2D eigenvalue weighted by Crippen LogP contribution is -1.98. The SMILES string of the molecule is Cc1cc(C)cc(Nc2nc(Cl)nc3nc[nH]c23)c1. The quantitative estimate of drug-likeness (QED) is 0.703. The maximum Gasteiger partial charge on any atom is 0.226 e. The van der Waals surface area contributed by atoms with Gasteiger partial charge in [0, 0.05) is 5.69 Å². The van der Waals surface area contributed by atoms with Crippen LogP contribution in [0.5, 0.6) is 0 Å². The van der Waals surface area contributed by atoms with Crippen molar-refractivity contribution < 1.29 is 0 Å². The number of H-pyrrole nitrogens is 1. The summed E-state index contributed by atoms with van der Waals surface area (Å²) in [5.41, 5.74) is 4.62. The van der Waals surface area contributed by atoms with Gasteiger partial charge in [0.15, 0.2) is 11.5 Å². The van der Waals surface area contributed by atoms with Crippen LogP contribution in [0, 0.1) is 13.8 Å². The predicted molar refractivity (Wildman–Crippen MR) is 75.9 cm³/mol. The number of aryl methyl sites for hydroxylation is 2. The monoisotopic (exact) mass is 273 g/mol. The number of imidazole rings is 1. The average Bonchev–Trinajstić information content (AvgIpc) is 2.75. The second-order valence-corrected chi connectivity index (χ2v) is 4.78. The molecule has 0 saturated carbocycles. The summed E-state index contributed by atoms with van der Waals surface area (Å²) in [5, 5.41) is 3.42. The van der Waals surface area contributed by atoms with E-state index in [0.717, 1.165) is 11.2 Å². The molecule has 0 aliphatic rings. The number of nitrogens with one attached hydrogen (secondary N) is 2. The van der Waals surface area contributed by atoms with E-state index in [1.54, 1.807) is 6.33 Å². The molecule has 0 fully saturated rings. The molecule has 0 spiro atoms. The molecule has 0 aliphatic carbocycles. The van der Waals surface area contributed by atoms with Crippen LogP contribution in [0.4, 0.5) is 11.5 Å². The molecule has 0 atom stereocenters. The first-order valence-electron chi connectivity index (χ1n) is 5.84. The van der Waals surface area contributed by atoms with Crippen LogP contribution in [0.15, 0.2) is 24.5 Å². The van der Waals surface area contributed by atoms with Crippen LogP contribution in [0.2, 0.25) is 5.28 Å². The number of hydrogen-bond acceptors (Lipinski definition) is 4. The summed E-state index contributed by atoms with van der Waals surface area (Å²) in [4.78, 5) is 15.3. The average molecular weight is 274 g/mol. The largest absolute Gasteiger partial charge is 0.340 e. The van der Waals surface area contributed by atoms with E-state index in [4.69, 9.17) is 11.6 Å². The van der Waals surface area contributed by atoms with Crippen molar-refractivity contribution in [3.8, 4) is 0 Å². The fourth-order valence-corrected chi connectivity index (χ4v) is 2.25. The first kappa shape index (κ1) is 11.9. The number of nitrogens with zero attached hydrogens (tertiary/aromatic N) is 3. The lowest BCUT2D eigenvalue weighted by atomic mass is 10.1. The molecule has 2 aromatic heterocycles. The first-order chi connectivity index (χ1) is 9.11. The van der Waals surface area contributed by atoms with Gasteiger partial charge in [0.2, 0.25) is 5.28 Å². The van der Waals surface area contributed by atoms with Gasteiger partial charge in [-0.15, -0.1) is 0 Å². The molecule has 0 radical (unpaired) electrons. The second kappa shape index (κ2) is 4.51. The maximum atomic E-state index is 5.89. The van der Waals surface area contributed by atoms with Crippen molar-refractivity contribution in [1.29, 1.82) is 0 Å². The smallest absolute Gasteiger partial charge is 0.226 e. The number of halogens is 1. The number of hydrogen-bond donors (Lipinski definition) is 2. The Kier molecular flexibility index (Phi) is 2.83. The van der Waals surface area contributed by atoms with Crippen molar-refractivity contribution in [2.75, 3.05) is 5.32 Å². The van der Waals surface area contributed by atoms with Crippen LogP contribution in [-0.2, 0) is 0 Å². The Morgan fingerprint density at radius 3 is 2.58 bits per heavy atom. The first-order valence-corrected chi connectivity index (χ1v) is 6.21. The minimum atomic E-state index is 0.173. The summed E-state index contributed by atoms with van der Waals surface area (Å²) in [6.07, 6.45) is 1.57. The van der Waals surface area contributed by atoms with E-state index in [2.05, 4.69) is 45.2 Å². The Morgan fingerprint density at radius 1 is 1.11 bits per heavy atom. The van der Waals surface area contributed by atoms with Crippen LogP contribution in [0.3, 0.4) is 0 Å². The minimum absolute atomic E-state index is 0.173. The van der Waals surface area contributed by atoms with Crippen molar-refractivity contribution in [2.45, 2.75) is 13.8 Å². The fraction of sp³-hybridized carbons (Fsp3) is 0.154. The Balaban J connectivity index is 2.07. The summed E-state index contributed by atoms with van der Waals surface area (Å²) < 4.78 is 0. The standard InChI is InChI=1S/C13H12ClN5/c1-7-3-8(2)5-9(4-7)17-12-10-11(16-6-15-10)18-13(14)19-12/h3-6H,1-2H3,(H2,15,16,17,18,19). The minimum Gasteiger partial charge on any atom is -0.340 e.